The summed E-state index contributed by atoms with van der Waals surface area (Å²) < 4.78 is 9.93. The molecule has 6 heteroatoms. The zero-order valence-electron chi connectivity index (χ0n) is 6.94. The molecule has 0 aromatic carbocycles. The summed E-state index contributed by atoms with van der Waals surface area (Å²) in [6, 6.07) is 0. The molecule has 0 N–H and O–H groups in total. The number of halogens is 3. The molecule has 0 bridgehead atoms. The lowest BCUT2D eigenvalue weighted by Crippen LogP contribution is -2.42. The number of carbonyl (C=O) groups is 1. The van der Waals surface area contributed by atoms with Crippen molar-refractivity contribution in [3.05, 3.63) is 10.1 Å². The number of carbonyl (C=O) groups excluding carboxylic acids is 1. The SMILES string of the molecule is COC1(OC)C(Cl)=C(Cl)C(=O)[C@@H]1Cl. The van der Waals surface area contributed by atoms with Gasteiger partial charge in [-0.1, -0.05) is 23.2 Å². The highest BCUT2D eigenvalue weighted by atomic mass is 35.5. The molecule has 13 heavy (non-hydrogen) atoms. The molecule has 1 aliphatic carbocycles. The van der Waals surface area contributed by atoms with Gasteiger partial charge in [0, 0.05) is 14.2 Å². The van der Waals surface area contributed by atoms with Crippen LogP contribution in [0, 0.1) is 0 Å². The normalized spacial score (nSPS) is 27.2. The molecule has 0 saturated heterocycles. The van der Waals surface area contributed by atoms with E-state index in [1.807, 2.05) is 0 Å². The van der Waals surface area contributed by atoms with Crippen LogP contribution in [0.1, 0.15) is 0 Å². The van der Waals surface area contributed by atoms with Crippen molar-refractivity contribution >= 4 is 40.6 Å². The standard InChI is InChI=1S/C7H7Cl3O3/c1-12-7(13-2)5(9)3(8)4(11)6(7)10/h6H,1-2H3/t6-/m0/s1. The molecule has 3 nitrogen and oxygen atoms in total. The first kappa shape index (κ1) is 11.3. The Labute approximate surface area is 90.5 Å². The molecule has 1 atom stereocenters. The van der Waals surface area contributed by atoms with Crippen molar-refractivity contribution in [2.75, 3.05) is 14.2 Å². The zero-order valence-corrected chi connectivity index (χ0v) is 9.20. The second kappa shape index (κ2) is 3.75. The Bertz CT molecular complexity index is 270. The summed E-state index contributed by atoms with van der Waals surface area (Å²) in [4.78, 5) is 11.3. The van der Waals surface area contributed by atoms with Gasteiger partial charge in [-0.05, 0) is 0 Å². The minimum absolute atomic E-state index is 0.0100. The van der Waals surface area contributed by atoms with Crippen LogP contribution in [0.5, 0.6) is 0 Å². The Morgan fingerprint density at radius 3 is 1.92 bits per heavy atom. The summed E-state index contributed by atoms with van der Waals surface area (Å²) in [5.41, 5.74) is 0. The summed E-state index contributed by atoms with van der Waals surface area (Å²) in [6.45, 7) is 0. The quantitative estimate of drug-likeness (QED) is 0.550. The van der Waals surface area contributed by atoms with Crippen LogP contribution in [0.3, 0.4) is 0 Å². The lowest BCUT2D eigenvalue weighted by molar-refractivity contribution is -0.171. The van der Waals surface area contributed by atoms with Gasteiger partial charge in [0.2, 0.25) is 5.79 Å². The number of Topliss-reactive ketones (excluding diaryl/α,β-unsaturated/α-hetero) is 1. The molecular weight excluding hydrogens is 238 g/mol. The third-order valence-corrected chi connectivity index (χ3v) is 3.30. The van der Waals surface area contributed by atoms with Crippen LogP contribution < -0.4 is 0 Å². The number of hydrogen-bond donors (Lipinski definition) is 0. The van der Waals surface area contributed by atoms with E-state index in [4.69, 9.17) is 44.3 Å². The Balaban J connectivity index is 3.19. The lowest BCUT2D eigenvalue weighted by Gasteiger charge is -2.28. The molecule has 0 spiro atoms. The maximum Gasteiger partial charge on any atom is 0.231 e. The third-order valence-electron chi connectivity index (χ3n) is 1.89. The Morgan fingerprint density at radius 2 is 1.77 bits per heavy atom. The number of ketones is 1. The number of alkyl halides is 1. The minimum atomic E-state index is -1.43. The van der Waals surface area contributed by atoms with Crippen molar-refractivity contribution in [3.8, 4) is 0 Å². The molecule has 0 aliphatic heterocycles. The highest BCUT2D eigenvalue weighted by Crippen LogP contribution is 2.43. The van der Waals surface area contributed by atoms with Gasteiger partial charge in [-0.15, -0.1) is 11.6 Å². The smallest absolute Gasteiger partial charge is 0.231 e. The molecular formula is C7H7Cl3O3. The highest BCUT2D eigenvalue weighted by molar-refractivity contribution is 6.55. The van der Waals surface area contributed by atoms with E-state index in [-0.39, 0.29) is 10.1 Å². The summed E-state index contributed by atoms with van der Waals surface area (Å²) in [5.74, 6) is -1.92. The fourth-order valence-corrected chi connectivity index (χ4v) is 2.23. The van der Waals surface area contributed by atoms with E-state index < -0.39 is 16.9 Å². The van der Waals surface area contributed by atoms with Crippen LogP contribution in [0.15, 0.2) is 10.1 Å². The van der Waals surface area contributed by atoms with Crippen LogP contribution in [0.4, 0.5) is 0 Å². The van der Waals surface area contributed by atoms with Crippen molar-refractivity contribution in [1.82, 2.24) is 0 Å². The lowest BCUT2D eigenvalue weighted by atomic mass is 10.2. The van der Waals surface area contributed by atoms with Gasteiger partial charge in [0.1, 0.15) is 10.1 Å². The molecule has 0 fully saturated rings. The fraction of sp³-hybridized carbons (Fsp3) is 0.571. The van der Waals surface area contributed by atoms with E-state index in [0.717, 1.165) is 0 Å². The minimum Gasteiger partial charge on any atom is -0.347 e. The summed E-state index contributed by atoms with van der Waals surface area (Å²) in [5, 5.41) is -1.18. The summed E-state index contributed by atoms with van der Waals surface area (Å²) >= 11 is 17.1. The average molecular weight is 245 g/mol. The summed E-state index contributed by atoms with van der Waals surface area (Å²) in [6.07, 6.45) is 0. The van der Waals surface area contributed by atoms with E-state index in [1.165, 1.54) is 14.2 Å². The number of allylic oxidation sites excluding steroid dienone is 1. The van der Waals surface area contributed by atoms with Gasteiger partial charge >= 0.3 is 0 Å². The number of methoxy groups -OCH3 is 2. The molecule has 0 amide bonds. The first-order valence-electron chi connectivity index (χ1n) is 3.35. The van der Waals surface area contributed by atoms with Gasteiger partial charge in [0.15, 0.2) is 11.2 Å². The van der Waals surface area contributed by atoms with Crippen LogP contribution in [-0.2, 0) is 14.3 Å². The average Bonchev–Trinajstić information content (AvgIpc) is 2.31. The molecule has 0 saturated carbocycles. The maximum atomic E-state index is 11.3. The predicted molar refractivity (Wildman–Crippen MR) is 50.1 cm³/mol. The molecule has 0 aromatic heterocycles. The number of ether oxygens (including phenoxy) is 2. The first-order valence-corrected chi connectivity index (χ1v) is 4.54. The third kappa shape index (κ3) is 1.39. The van der Waals surface area contributed by atoms with Gasteiger partial charge in [-0.25, -0.2) is 0 Å². The van der Waals surface area contributed by atoms with Gasteiger partial charge in [-0.2, -0.15) is 0 Å². The Hall–Kier alpha value is 0.200. The molecule has 0 heterocycles. The van der Waals surface area contributed by atoms with Crippen molar-refractivity contribution < 1.29 is 14.3 Å². The van der Waals surface area contributed by atoms with Crippen LogP contribution in [-0.4, -0.2) is 31.2 Å². The van der Waals surface area contributed by atoms with E-state index in [0.29, 0.717) is 0 Å². The van der Waals surface area contributed by atoms with Crippen LogP contribution >= 0.6 is 34.8 Å². The molecule has 1 rings (SSSR count). The second-order valence-corrected chi connectivity index (χ2v) is 3.62. The molecule has 0 radical (unpaired) electrons. The van der Waals surface area contributed by atoms with E-state index in [9.17, 15) is 4.79 Å². The monoisotopic (exact) mass is 244 g/mol. The highest BCUT2D eigenvalue weighted by Gasteiger charge is 2.54. The first-order chi connectivity index (χ1) is 6.01. The van der Waals surface area contributed by atoms with Crippen LogP contribution in [0.2, 0.25) is 0 Å². The van der Waals surface area contributed by atoms with E-state index in [2.05, 4.69) is 0 Å². The molecule has 74 valence electrons. The Morgan fingerprint density at radius 1 is 1.31 bits per heavy atom. The van der Waals surface area contributed by atoms with E-state index in [1.54, 1.807) is 0 Å². The summed E-state index contributed by atoms with van der Waals surface area (Å²) in [7, 11) is 2.67. The number of hydrogen-bond acceptors (Lipinski definition) is 3. The fourth-order valence-electron chi connectivity index (χ4n) is 1.13. The Kier molecular flexibility index (Phi) is 3.25. The van der Waals surface area contributed by atoms with Gasteiger partial charge in [0.05, 0.1) is 0 Å². The topological polar surface area (TPSA) is 35.5 Å². The molecule has 0 unspecified atom stereocenters. The number of rotatable bonds is 2. The van der Waals surface area contributed by atoms with Gasteiger partial charge < -0.3 is 9.47 Å². The second-order valence-electron chi connectivity index (χ2n) is 2.43. The van der Waals surface area contributed by atoms with Gasteiger partial charge in [0.25, 0.3) is 0 Å². The predicted octanol–water partition coefficient (Wildman–Crippen LogP) is 1.85. The van der Waals surface area contributed by atoms with Crippen LogP contribution in [0.25, 0.3) is 0 Å². The maximum absolute atomic E-state index is 11.3. The molecule has 1 aliphatic rings. The van der Waals surface area contributed by atoms with Crippen molar-refractivity contribution in [1.29, 1.82) is 0 Å². The van der Waals surface area contributed by atoms with Crippen molar-refractivity contribution in [2.45, 2.75) is 11.2 Å². The largest absolute Gasteiger partial charge is 0.347 e. The van der Waals surface area contributed by atoms with Crippen molar-refractivity contribution in [2.24, 2.45) is 0 Å². The van der Waals surface area contributed by atoms with Crippen molar-refractivity contribution in [3.63, 3.8) is 0 Å². The van der Waals surface area contributed by atoms with E-state index >= 15 is 0 Å². The zero-order chi connectivity index (χ0) is 10.2. The van der Waals surface area contributed by atoms with Gasteiger partial charge in [-0.3, -0.25) is 4.79 Å². The molecule has 0 aromatic rings.